The Morgan fingerprint density at radius 2 is 1.96 bits per heavy atom. The molecular weight excluding hydrogens is 453 g/mol. The van der Waals surface area contributed by atoms with Crippen molar-refractivity contribution in [3.05, 3.63) is 29.8 Å². The zero-order valence-electron chi connectivity index (χ0n) is 16.0. The van der Waals surface area contributed by atoms with Crippen molar-refractivity contribution in [3.63, 3.8) is 0 Å². The van der Waals surface area contributed by atoms with Gasteiger partial charge in [0.05, 0.1) is 0 Å². The summed E-state index contributed by atoms with van der Waals surface area (Å²) >= 11 is 0. The van der Waals surface area contributed by atoms with E-state index in [-0.39, 0.29) is 29.9 Å². The summed E-state index contributed by atoms with van der Waals surface area (Å²) in [6, 6.07) is 9.60. The summed E-state index contributed by atoms with van der Waals surface area (Å²) < 4.78 is 0. The Kier molecular flexibility index (Phi) is 6.97. The lowest BCUT2D eigenvalue weighted by atomic mass is 10.2. The average molecular weight is 483 g/mol. The fraction of sp³-hybridized carbons (Fsp3) is 0.600. The summed E-state index contributed by atoms with van der Waals surface area (Å²) in [4.78, 5) is 20.7. The average Bonchev–Trinajstić information content (AvgIpc) is 3.26. The molecule has 4 rings (SSSR count). The number of carbonyl (C=O) groups is 1. The van der Waals surface area contributed by atoms with E-state index < -0.39 is 0 Å². The molecule has 0 spiro atoms. The molecule has 0 aromatic heterocycles. The number of benzene rings is 1. The molecule has 6 nitrogen and oxygen atoms in total. The number of hydrogen-bond donors (Lipinski definition) is 2. The van der Waals surface area contributed by atoms with Crippen LogP contribution in [0.2, 0.25) is 0 Å². The predicted molar refractivity (Wildman–Crippen MR) is 120 cm³/mol. The van der Waals surface area contributed by atoms with Gasteiger partial charge in [0, 0.05) is 57.4 Å². The van der Waals surface area contributed by atoms with Gasteiger partial charge in [-0.1, -0.05) is 12.1 Å². The number of halogens is 1. The second-order valence-corrected chi connectivity index (χ2v) is 7.60. The molecule has 148 valence electrons. The first kappa shape index (κ1) is 20.4. The van der Waals surface area contributed by atoms with Crippen LogP contribution < -0.4 is 15.5 Å². The molecule has 1 aliphatic carbocycles. The van der Waals surface area contributed by atoms with Crippen LogP contribution in [0.25, 0.3) is 0 Å². The number of nitrogens with zero attached hydrogens (tertiary/aromatic N) is 3. The molecule has 2 aliphatic heterocycles. The molecule has 1 saturated carbocycles. The van der Waals surface area contributed by atoms with Crippen LogP contribution in [0, 0.1) is 0 Å². The molecule has 2 heterocycles. The van der Waals surface area contributed by atoms with E-state index in [0.29, 0.717) is 12.5 Å². The van der Waals surface area contributed by atoms with E-state index >= 15 is 0 Å². The maximum absolute atomic E-state index is 11.8. The van der Waals surface area contributed by atoms with E-state index in [4.69, 9.17) is 0 Å². The highest BCUT2D eigenvalue weighted by molar-refractivity contribution is 14.0. The number of rotatable bonds is 5. The predicted octanol–water partition coefficient (Wildman–Crippen LogP) is 2.33. The maximum atomic E-state index is 11.8. The van der Waals surface area contributed by atoms with Gasteiger partial charge in [0.15, 0.2) is 5.96 Å². The van der Waals surface area contributed by atoms with E-state index in [1.54, 1.807) is 0 Å². The van der Waals surface area contributed by atoms with Gasteiger partial charge in [-0.2, -0.15) is 0 Å². The Hall–Kier alpha value is -1.35. The van der Waals surface area contributed by atoms with Crippen LogP contribution in [0.15, 0.2) is 29.3 Å². The third-order valence-corrected chi connectivity index (χ3v) is 5.63. The van der Waals surface area contributed by atoms with Gasteiger partial charge < -0.3 is 15.5 Å². The Morgan fingerprint density at radius 3 is 2.59 bits per heavy atom. The van der Waals surface area contributed by atoms with Crippen LogP contribution in [0.4, 0.5) is 5.69 Å². The van der Waals surface area contributed by atoms with Gasteiger partial charge in [-0.15, -0.1) is 24.0 Å². The summed E-state index contributed by atoms with van der Waals surface area (Å²) in [7, 11) is 1.82. The second kappa shape index (κ2) is 9.23. The van der Waals surface area contributed by atoms with Gasteiger partial charge >= 0.3 is 0 Å². The minimum absolute atomic E-state index is 0. The van der Waals surface area contributed by atoms with Crippen LogP contribution in [0.5, 0.6) is 0 Å². The Bertz CT molecular complexity index is 673. The van der Waals surface area contributed by atoms with Gasteiger partial charge in [-0.25, -0.2) is 0 Å². The minimum Gasteiger partial charge on any atom is -0.352 e. The Morgan fingerprint density at radius 1 is 1.19 bits per heavy atom. The number of likely N-dealkylation sites (tertiary alicyclic amines) is 1. The van der Waals surface area contributed by atoms with Gasteiger partial charge in [0.25, 0.3) is 0 Å². The van der Waals surface area contributed by atoms with E-state index in [1.807, 2.05) is 24.1 Å². The number of anilines is 1. The molecule has 1 atom stereocenters. The SMILES string of the molecule is CN=C(NCc1ccc(N2CCCC2=O)cc1)NC1CCN(C2CC2)C1.I. The molecule has 0 radical (unpaired) electrons. The third-order valence-electron chi connectivity index (χ3n) is 5.63. The van der Waals surface area contributed by atoms with Crippen molar-refractivity contribution in [3.8, 4) is 0 Å². The van der Waals surface area contributed by atoms with Crippen LogP contribution in [-0.4, -0.2) is 55.5 Å². The molecule has 2 N–H and O–H groups in total. The van der Waals surface area contributed by atoms with Crippen molar-refractivity contribution in [2.24, 2.45) is 4.99 Å². The molecule has 2 saturated heterocycles. The topological polar surface area (TPSA) is 60.0 Å². The van der Waals surface area contributed by atoms with Crippen LogP contribution in [0.3, 0.4) is 0 Å². The zero-order chi connectivity index (χ0) is 17.9. The molecule has 3 aliphatic rings. The molecule has 0 bridgehead atoms. The largest absolute Gasteiger partial charge is 0.352 e. The summed E-state index contributed by atoms with van der Waals surface area (Å²) in [6.07, 6.45) is 5.57. The number of nitrogens with one attached hydrogen (secondary N) is 2. The van der Waals surface area contributed by atoms with Crippen molar-refractivity contribution in [2.75, 3.05) is 31.6 Å². The third kappa shape index (κ3) is 5.13. The molecular formula is C20H30IN5O. The van der Waals surface area contributed by atoms with Crippen LogP contribution in [0.1, 0.15) is 37.7 Å². The van der Waals surface area contributed by atoms with Crippen molar-refractivity contribution in [1.29, 1.82) is 0 Å². The highest BCUT2D eigenvalue weighted by atomic mass is 127. The number of amides is 1. The molecule has 3 fully saturated rings. The smallest absolute Gasteiger partial charge is 0.227 e. The zero-order valence-corrected chi connectivity index (χ0v) is 18.3. The molecule has 1 unspecified atom stereocenters. The van der Waals surface area contributed by atoms with Crippen molar-refractivity contribution < 1.29 is 4.79 Å². The lowest BCUT2D eigenvalue weighted by molar-refractivity contribution is -0.117. The first-order valence-electron chi connectivity index (χ1n) is 9.83. The van der Waals surface area contributed by atoms with Crippen molar-refractivity contribution in [1.82, 2.24) is 15.5 Å². The molecule has 1 aromatic rings. The summed E-state index contributed by atoms with van der Waals surface area (Å²) in [5.41, 5.74) is 2.19. The summed E-state index contributed by atoms with van der Waals surface area (Å²) in [5, 5.41) is 6.96. The van der Waals surface area contributed by atoms with Crippen LogP contribution >= 0.6 is 24.0 Å². The Balaban J connectivity index is 0.00000210. The molecule has 1 amide bonds. The van der Waals surface area contributed by atoms with Gasteiger partial charge in [-0.3, -0.25) is 14.7 Å². The monoisotopic (exact) mass is 483 g/mol. The van der Waals surface area contributed by atoms with Crippen molar-refractivity contribution >= 4 is 41.5 Å². The number of carbonyl (C=O) groups excluding carboxylic acids is 1. The first-order chi connectivity index (χ1) is 12.7. The van der Waals surface area contributed by atoms with Gasteiger partial charge in [0.1, 0.15) is 0 Å². The molecule has 27 heavy (non-hydrogen) atoms. The standard InChI is InChI=1S/C20H29N5O.HI/c1-21-20(23-16-10-12-24(14-16)17-8-9-17)22-13-15-4-6-18(7-5-15)25-11-2-3-19(25)26;/h4-7,16-17H,2-3,8-14H2,1H3,(H2,21,22,23);1H. The summed E-state index contributed by atoms with van der Waals surface area (Å²) in [5.74, 6) is 1.10. The van der Waals surface area contributed by atoms with Crippen LogP contribution in [-0.2, 0) is 11.3 Å². The highest BCUT2D eigenvalue weighted by Crippen LogP contribution is 2.29. The van der Waals surface area contributed by atoms with E-state index in [0.717, 1.165) is 43.7 Å². The number of hydrogen-bond acceptors (Lipinski definition) is 3. The normalized spacial score (nSPS) is 23.4. The maximum Gasteiger partial charge on any atom is 0.227 e. The lowest BCUT2D eigenvalue weighted by Crippen LogP contribution is -2.44. The highest BCUT2D eigenvalue weighted by Gasteiger charge is 2.34. The minimum atomic E-state index is 0. The lowest BCUT2D eigenvalue weighted by Gasteiger charge is -2.19. The first-order valence-corrected chi connectivity index (χ1v) is 9.83. The fourth-order valence-corrected chi connectivity index (χ4v) is 3.97. The van der Waals surface area contributed by atoms with Gasteiger partial charge in [-0.05, 0) is 43.4 Å². The Labute approximate surface area is 178 Å². The van der Waals surface area contributed by atoms with Gasteiger partial charge in [0.2, 0.25) is 5.91 Å². The molecule has 7 heteroatoms. The van der Waals surface area contributed by atoms with E-state index in [2.05, 4.69) is 32.7 Å². The fourth-order valence-electron chi connectivity index (χ4n) is 3.97. The van der Waals surface area contributed by atoms with Crippen molar-refractivity contribution in [2.45, 2.75) is 50.7 Å². The summed E-state index contributed by atoms with van der Waals surface area (Å²) in [6.45, 7) is 3.90. The van der Waals surface area contributed by atoms with E-state index in [9.17, 15) is 4.79 Å². The molecule has 1 aromatic carbocycles. The number of guanidine groups is 1. The second-order valence-electron chi connectivity index (χ2n) is 7.60. The quantitative estimate of drug-likeness (QED) is 0.384. The number of aliphatic imine (C=N–C) groups is 1. The van der Waals surface area contributed by atoms with E-state index in [1.165, 1.54) is 31.4 Å².